The molecule has 200 valence electrons. The largest absolute Gasteiger partial charge is 0.436 e. The van der Waals surface area contributed by atoms with E-state index in [4.69, 9.17) is 14.4 Å². The molecule has 43 heavy (non-hydrogen) atoms. The second kappa shape index (κ2) is 8.51. The van der Waals surface area contributed by atoms with Crippen molar-refractivity contribution >= 4 is 86.3 Å². The van der Waals surface area contributed by atoms with Gasteiger partial charge in [0.25, 0.3) is 0 Å². The summed E-state index contributed by atoms with van der Waals surface area (Å²) in [6.45, 7) is 0. The van der Waals surface area contributed by atoms with Crippen LogP contribution in [0.5, 0.6) is 0 Å². The molecular weight excluding hydrogens is 547 g/mol. The van der Waals surface area contributed by atoms with E-state index in [1.54, 1.807) is 0 Å². The smallest absolute Gasteiger partial charge is 0.246 e. The molecule has 0 aliphatic rings. The second-order valence-corrected chi connectivity index (χ2v) is 12.1. The molecule has 0 aliphatic carbocycles. The first-order chi connectivity index (χ1) is 21.3. The Bertz CT molecular complexity index is 2730. The van der Waals surface area contributed by atoms with Gasteiger partial charge in [-0.15, -0.1) is 11.3 Å². The monoisotopic (exact) mass is 567 g/mol. The molecule has 10 rings (SSSR count). The Hall–Kier alpha value is -5.52. The van der Waals surface area contributed by atoms with E-state index in [9.17, 15) is 0 Å². The van der Waals surface area contributed by atoms with Crippen molar-refractivity contribution < 1.29 is 4.42 Å². The van der Waals surface area contributed by atoms with E-state index in [1.165, 1.54) is 42.0 Å². The van der Waals surface area contributed by atoms with Crippen molar-refractivity contribution in [2.45, 2.75) is 0 Å². The van der Waals surface area contributed by atoms with Crippen LogP contribution in [0.1, 0.15) is 0 Å². The quantitative estimate of drug-likeness (QED) is 0.209. The number of hydrogen-bond acceptors (Lipinski definition) is 4. The highest BCUT2D eigenvalue weighted by Crippen LogP contribution is 2.43. The van der Waals surface area contributed by atoms with Gasteiger partial charge in [-0.05, 0) is 53.2 Å². The van der Waals surface area contributed by atoms with Gasteiger partial charge in [0, 0.05) is 47.6 Å². The summed E-state index contributed by atoms with van der Waals surface area (Å²) in [5.74, 6) is 0. The van der Waals surface area contributed by atoms with Gasteiger partial charge in [0.05, 0.1) is 22.9 Å². The molecule has 0 spiro atoms. The van der Waals surface area contributed by atoms with E-state index in [0.717, 1.165) is 44.2 Å². The molecule has 0 amide bonds. The van der Waals surface area contributed by atoms with Gasteiger partial charge in [0.15, 0.2) is 0 Å². The predicted molar refractivity (Wildman–Crippen MR) is 179 cm³/mol. The fraction of sp³-hybridized carbons (Fsp3) is 0. The lowest BCUT2D eigenvalue weighted by Crippen LogP contribution is -1.94. The Morgan fingerprint density at radius 1 is 0.628 bits per heavy atom. The first-order valence-electron chi connectivity index (χ1n) is 14.3. The number of furan rings is 1. The SMILES string of the molecule is c1ccc2cc3c(cc2c1)oc1nc(-c2ccc(-n4c5ccccc5c5c6sc7ccccc7c6ccc54)cc2)cnc13. The van der Waals surface area contributed by atoms with Gasteiger partial charge in [0.1, 0.15) is 11.1 Å². The van der Waals surface area contributed by atoms with Crippen LogP contribution in [0.25, 0.3) is 91.9 Å². The lowest BCUT2D eigenvalue weighted by atomic mass is 10.1. The van der Waals surface area contributed by atoms with E-state index in [1.807, 2.05) is 29.7 Å². The zero-order valence-electron chi connectivity index (χ0n) is 22.8. The van der Waals surface area contributed by atoms with E-state index in [0.29, 0.717) is 5.71 Å². The van der Waals surface area contributed by atoms with Gasteiger partial charge in [0.2, 0.25) is 5.71 Å². The molecule has 4 heterocycles. The number of fused-ring (bicyclic) bond motifs is 11. The van der Waals surface area contributed by atoms with Crippen molar-refractivity contribution in [3.05, 3.63) is 128 Å². The van der Waals surface area contributed by atoms with Crippen molar-refractivity contribution in [2.75, 3.05) is 0 Å². The first-order valence-corrected chi connectivity index (χ1v) is 15.1. The van der Waals surface area contributed by atoms with E-state index in [2.05, 4.69) is 114 Å². The number of benzene rings is 6. The van der Waals surface area contributed by atoms with Crippen LogP contribution >= 0.6 is 11.3 Å². The maximum Gasteiger partial charge on any atom is 0.246 e. The van der Waals surface area contributed by atoms with Gasteiger partial charge in [-0.3, -0.25) is 0 Å². The lowest BCUT2D eigenvalue weighted by Gasteiger charge is -2.09. The Kier molecular flexibility index (Phi) is 4.57. The molecule has 0 N–H and O–H groups in total. The summed E-state index contributed by atoms with van der Waals surface area (Å²) in [5.41, 5.74) is 7.46. The van der Waals surface area contributed by atoms with Gasteiger partial charge in [-0.1, -0.05) is 78.9 Å². The molecule has 0 saturated heterocycles. The van der Waals surface area contributed by atoms with Gasteiger partial charge in [-0.2, -0.15) is 0 Å². The van der Waals surface area contributed by atoms with Crippen LogP contribution in [0.4, 0.5) is 0 Å². The van der Waals surface area contributed by atoms with E-state index in [-0.39, 0.29) is 0 Å². The summed E-state index contributed by atoms with van der Waals surface area (Å²) in [6.07, 6.45) is 1.85. The molecule has 6 aromatic carbocycles. The van der Waals surface area contributed by atoms with Crippen LogP contribution in [0, 0.1) is 0 Å². The van der Waals surface area contributed by atoms with Crippen LogP contribution in [-0.4, -0.2) is 14.5 Å². The fourth-order valence-electron chi connectivity index (χ4n) is 6.65. The third-order valence-corrected chi connectivity index (χ3v) is 9.86. The molecule has 0 bridgehead atoms. The average Bonchev–Trinajstić information content (AvgIpc) is 3.72. The molecule has 0 unspecified atom stereocenters. The van der Waals surface area contributed by atoms with Crippen molar-refractivity contribution in [3.63, 3.8) is 0 Å². The van der Waals surface area contributed by atoms with Crippen molar-refractivity contribution in [2.24, 2.45) is 0 Å². The zero-order valence-corrected chi connectivity index (χ0v) is 23.6. The van der Waals surface area contributed by atoms with Crippen molar-refractivity contribution in [3.8, 4) is 16.9 Å². The zero-order chi connectivity index (χ0) is 28.1. The highest BCUT2D eigenvalue weighted by molar-refractivity contribution is 7.26. The second-order valence-electron chi connectivity index (χ2n) is 11.0. The van der Waals surface area contributed by atoms with Crippen LogP contribution < -0.4 is 0 Å². The Morgan fingerprint density at radius 3 is 2.28 bits per heavy atom. The number of aromatic nitrogens is 3. The number of thiophene rings is 1. The van der Waals surface area contributed by atoms with Gasteiger partial charge >= 0.3 is 0 Å². The molecule has 0 atom stereocenters. The van der Waals surface area contributed by atoms with Crippen molar-refractivity contribution in [1.29, 1.82) is 0 Å². The summed E-state index contributed by atoms with van der Waals surface area (Å²) in [7, 11) is 0. The molecule has 5 heteroatoms. The maximum absolute atomic E-state index is 6.18. The number of para-hydroxylation sites is 1. The Balaban J connectivity index is 1.12. The normalized spacial score (nSPS) is 12.2. The number of nitrogens with zero attached hydrogens (tertiary/aromatic N) is 3. The van der Waals surface area contributed by atoms with E-state index >= 15 is 0 Å². The van der Waals surface area contributed by atoms with Crippen LogP contribution in [0.15, 0.2) is 132 Å². The third kappa shape index (κ3) is 3.25. The highest BCUT2D eigenvalue weighted by Gasteiger charge is 2.18. The van der Waals surface area contributed by atoms with Gasteiger partial charge in [-0.25, -0.2) is 9.97 Å². The molecule has 0 radical (unpaired) electrons. The van der Waals surface area contributed by atoms with Gasteiger partial charge < -0.3 is 8.98 Å². The van der Waals surface area contributed by atoms with Crippen LogP contribution in [0.2, 0.25) is 0 Å². The summed E-state index contributed by atoms with van der Waals surface area (Å²) >= 11 is 1.88. The molecule has 4 nitrogen and oxygen atoms in total. The number of hydrogen-bond donors (Lipinski definition) is 0. The summed E-state index contributed by atoms with van der Waals surface area (Å²) in [6, 6.07) is 43.1. The van der Waals surface area contributed by atoms with Crippen molar-refractivity contribution in [1.82, 2.24) is 14.5 Å². The topological polar surface area (TPSA) is 43.9 Å². The molecule has 0 aliphatic heterocycles. The summed E-state index contributed by atoms with van der Waals surface area (Å²) in [5, 5.41) is 8.52. The highest BCUT2D eigenvalue weighted by atomic mass is 32.1. The minimum Gasteiger partial charge on any atom is -0.436 e. The average molecular weight is 568 g/mol. The van der Waals surface area contributed by atoms with Crippen LogP contribution in [-0.2, 0) is 0 Å². The Morgan fingerprint density at radius 2 is 1.40 bits per heavy atom. The fourth-order valence-corrected chi connectivity index (χ4v) is 7.91. The molecule has 4 aromatic heterocycles. The number of rotatable bonds is 2. The first kappa shape index (κ1) is 23.1. The summed E-state index contributed by atoms with van der Waals surface area (Å²) in [4.78, 5) is 9.68. The maximum atomic E-state index is 6.18. The summed E-state index contributed by atoms with van der Waals surface area (Å²) < 4.78 is 11.2. The lowest BCUT2D eigenvalue weighted by molar-refractivity contribution is 0.654. The molecule has 10 aromatic rings. The minimum atomic E-state index is 0.557. The molecule has 0 fully saturated rings. The molecular formula is C38H21N3OS. The van der Waals surface area contributed by atoms with E-state index < -0.39 is 0 Å². The predicted octanol–water partition coefficient (Wildman–Crippen LogP) is 10.7. The molecule has 0 saturated carbocycles. The van der Waals surface area contributed by atoms with Crippen LogP contribution in [0.3, 0.4) is 0 Å². The Labute approximate surface area is 249 Å². The third-order valence-electron chi connectivity index (χ3n) is 8.65. The standard InChI is InChI=1S/C38H21N3OS/c1-2-8-24-20-33-29(19-23(24)7-1)36-38(42-33)40-30(21-39-36)22-13-15-25(16-14-22)41-31-11-5-3-10-28(31)35-32(41)18-17-27-26-9-4-6-12-34(26)43-37(27)35/h1-21H. The minimum absolute atomic E-state index is 0.557.